The molecule has 1 aliphatic rings. The maximum absolute atomic E-state index is 10.7. The molecule has 0 aromatic carbocycles. The van der Waals surface area contributed by atoms with Gasteiger partial charge in [0, 0.05) is 0 Å². The number of hydrogen-bond donors (Lipinski definition) is 0. The van der Waals surface area contributed by atoms with E-state index in [1.54, 1.807) is 0 Å². The number of nitrogens with zero attached hydrogens (tertiary/aromatic N) is 2. The van der Waals surface area contributed by atoms with E-state index in [9.17, 15) is 4.79 Å². The molecule has 0 unspecified atom stereocenters. The third kappa shape index (κ3) is 2.68. The van der Waals surface area contributed by atoms with Crippen LogP contribution >= 0.6 is 11.3 Å². The first-order chi connectivity index (χ1) is 7.69. The Morgan fingerprint density at radius 2 is 2.19 bits per heavy atom. The highest BCUT2D eigenvalue weighted by molar-refractivity contribution is 7.13. The monoisotopic (exact) mass is 238 g/mol. The Bertz CT molecular complexity index is 367. The van der Waals surface area contributed by atoms with E-state index in [4.69, 9.17) is 0 Å². The van der Waals surface area contributed by atoms with Gasteiger partial charge < -0.3 is 0 Å². The standard InChI is InChI=1S/C12H18N2OS/c1-9-3-5-14(6-4-9)7-12-13-10(2)11(8-15)16-12/h8-9H,3-7H2,1-2H3. The van der Waals surface area contributed by atoms with Gasteiger partial charge in [-0.1, -0.05) is 6.92 Å². The van der Waals surface area contributed by atoms with Crippen LogP contribution in [0.2, 0.25) is 0 Å². The fourth-order valence-corrected chi connectivity index (χ4v) is 2.98. The zero-order valence-corrected chi connectivity index (χ0v) is 10.7. The van der Waals surface area contributed by atoms with E-state index >= 15 is 0 Å². The van der Waals surface area contributed by atoms with Crippen LogP contribution in [0.3, 0.4) is 0 Å². The van der Waals surface area contributed by atoms with Crippen LogP contribution in [0.25, 0.3) is 0 Å². The van der Waals surface area contributed by atoms with E-state index in [2.05, 4.69) is 16.8 Å². The number of hydrogen-bond acceptors (Lipinski definition) is 4. The third-order valence-corrected chi connectivity index (χ3v) is 4.29. The minimum absolute atomic E-state index is 0.778. The first-order valence-electron chi connectivity index (χ1n) is 5.83. The third-order valence-electron chi connectivity index (χ3n) is 3.22. The van der Waals surface area contributed by atoms with Gasteiger partial charge in [0.25, 0.3) is 0 Å². The van der Waals surface area contributed by atoms with Gasteiger partial charge in [-0.3, -0.25) is 9.69 Å². The van der Waals surface area contributed by atoms with Crippen LogP contribution in [0.1, 0.15) is 40.1 Å². The van der Waals surface area contributed by atoms with Crippen LogP contribution in [0, 0.1) is 12.8 Å². The smallest absolute Gasteiger partial charge is 0.161 e. The molecule has 0 atom stereocenters. The summed E-state index contributed by atoms with van der Waals surface area (Å²) in [6, 6.07) is 0. The summed E-state index contributed by atoms with van der Waals surface area (Å²) in [6.45, 7) is 7.45. The second kappa shape index (κ2) is 5.06. The molecule has 1 aliphatic heterocycles. The largest absolute Gasteiger partial charge is 0.297 e. The van der Waals surface area contributed by atoms with E-state index in [0.29, 0.717) is 0 Å². The van der Waals surface area contributed by atoms with Gasteiger partial charge in [-0.2, -0.15) is 0 Å². The SMILES string of the molecule is Cc1nc(CN2CCC(C)CC2)sc1C=O. The van der Waals surface area contributed by atoms with Crippen LogP contribution < -0.4 is 0 Å². The topological polar surface area (TPSA) is 33.2 Å². The van der Waals surface area contributed by atoms with Crippen molar-refractivity contribution in [1.29, 1.82) is 0 Å². The van der Waals surface area contributed by atoms with E-state index in [1.807, 2.05) is 6.92 Å². The summed E-state index contributed by atoms with van der Waals surface area (Å²) in [5.41, 5.74) is 0.875. The molecule has 1 aromatic heterocycles. The molecule has 0 N–H and O–H groups in total. The Morgan fingerprint density at radius 3 is 2.75 bits per heavy atom. The van der Waals surface area contributed by atoms with Crippen molar-refractivity contribution in [2.75, 3.05) is 13.1 Å². The van der Waals surface area contributed by atoms with Crippen molar-refractivity contribution in [2.24, 2.45) is 5.92 Å². The highest BCUT2D eigenvalue weighted by Gasteiger charge is 2.17. The number of aldehydes is 1. The zero-order chi connectivity index (χ0) is 11.5. The summed E-state index contributed by atoms with van der Waals surface area (Å²) in [4.78, 5) is 18.4. The van der Waals surface area contributed by atoms with Gasteiger partial charge in [0.15, 0.2) is 6.29 Å². The number of aryl methyl sites for hydroxylation is 1. The summed E-state index contributed by atoms with van der Waals surface area (Å²) >= 11 is 1.53. The van der Waals surface area contributed by atoms with E-state index < -0.39 is 0 Å². The van der Waals surface area contributed by atoms with Gasteiger partial charge >= 0.3 is 0 Å². The minimum atomic E-state index is 0.778. The van der Waals surface area contributed by atoms with Crippen molar-refractivity contribution in [3.8, 4) is 0 Å². The summed E-state index contributed by atoms with van der Waals surface area (Å²) in [6.07, 6.45) is 3.48. The number of thiazole rings is 1. The summed E-state index contributed by atoms with van der Waals surface area (Å²) in [5, 5.41) is 1.08. The molecule has 0 amide bonds. The molecule has 0 spiro atoms. The van der Waals surface area contributed by atoms with Crippen molar-refractivity contribution in [3.63, 3.8) is 0 Å². The van der Waals surface area contributed by atoms with Crippen LogP contribution in [-0.2, 0) is 6.54 Å². The Kier molecular flexibility index (Phi) is 3.71. The molecule has 0 bridgehead atoms. The quantitative estimate of drug-likeness (QED) is 0.759. The fraction of sp³-hybridized carbons (Fsp3) is 0.667. The second-order valence-electron chi connectivity index (χ2n) is 4.63. The lowest BCUT2D eigenvalue weighted by Crippen LogP contribution is -2.32. The molecule has 3 nitrogen and oxygen atoms in total. The average molecular weight is 238 g/mol. The van der Waals surface area contributed by atoms with Gasteiger partial charge in [-0.05, 0) is 38.8 Å². The van der Waals surface area contributed by atoms with Gasteiger partial charge in [-0.25, -0.2) is 4.98 Å². The molecule has 4 heteroatoms. The van der Waals surface area contributed by atoms with Crippen molar-refractivity contribution in [3.05, 3.63) is 15.6 Å². The Morgan fingerprint density at radius 1 is 1.50 bits per heavy atom. The number of rotatable bonds is 3. The summed E-state index contributed by atoms with van der Waals surface area (Å²) in [5.74, 6) is 0.861. The van der Waals surface area contributed by atoms with Crippen LogP contribution in [-0.4, -0.2) is 29.3 Å². The number of piperidine rings is 1. The predicted molar refractivity (Wildman–Crippen MR) is 65.9 cm³/mol. The number of carbonyl (C=O) groups is 1. The minimum Gasteiger partial charge on any atom is -0.297 e. The lowest BCUT2D eigenvalue weighted by molar-refractivity contribution is 0.112. The number of aromatic nitrogens is 1. The summed E-state index contributed by atoms with van der Waals surface area (Å²) < 4.78 is 0. The van der Waals surface area contributed by atoms with E-state index in [1.165, 1.54) is 24.2 Å². The van der Waals surface area contributed by atoms with Crippen molar-refractivity contribution < 1.29 is 4.79 Å². The van der Waals surface area contributed by atoms with Gasteiger partial charge in [0.1, 0.15) is 5.01 Å². The van der Waals surface area contributed by atoms with Crippen molar-refractivity contribution in [2.45, 2.75) is 33.2 Å². The average Bonchev–Trinajstić information content (AvgIpc) is 2.62. The molecule has 16 heavy (non-hydrogen) atoms. The molecule has 2 heterocycles. The molecule has 0 saturated carbocycles. The molecule has 88 valence electrons. The Labute approximate surface area is 100 Å². The maximum Gasteiger partial charge on any atom is 0.161 e. The molecule has 1 fully saturated rings. The zero-order valence-electron chi connectivity index (χ0n) is 9.90. The molecular weight excluding hydrogens is 220 g/mol. The Hall–Kier alpha value is -0.740. The Balaban J connectivity index is 1.95. The highest BCUT2D eigenvalue weighted by atomic mass is 32.1. The summed E-state index contributed by atoms with van der Waals surface area (Å²) in [7, 11) is 0. The number of likely N-dealkylation sites (tertiary alicyclic amines) is 1. The molecular formula is C12H18N2OS. The molecule has 0 radical (unpaired) electrons. The highest BCUT2D eigenvalue weighted by Crippen LogP contribution is 2.21. The molecule has 1 saturated heterocycles. The molecule has 1 aromatic rings. The van der Waals surface area contributed by atoms with Crippen LogP contribution in [0.4, 0.5) is 0 Å². The van der Waals surface area contributed by atoms with Crippen molar-refractivity contribution >= 4 is 17.6 Å². The first kappa shape index (κ1) is 11.7. The fourth-order valence-electron chi connectivity index (χ4n) is 2.05. The maximum atomic E-state index is 10.7. The van der Waals surface area contributed by atoms with Gasteiger partial charge in [-0.15, -0.1) is 11.3 Å². The second-order valence-corrected chi connectivity index (χ2v) is 5.75. The molecule has 2 rings (SSSR count). The van der Waals surface area contributed by atoms with Crippen LogP contribution in [0.15, 0.2) is 0 Å². The number of carbonyl (C=O) groups excluding carboxylic acids is 1. The molecule has 0 aliphatic carbocycles. The van der Waals surface area contributed by atoms with E-state index in [0.717, 1.165) is 47.4 Å². The normalized spacial score (nSPS) is 18.9. The first-order valence-corrected chi connectivity index (χ1v) is 6.64. The lowest BCUT2D eigenvalue weighted by atomic mass is 9.99. The van der Waals surface area contributed by atoms with Crippen LogP contribution in [0.5, 0.6) is 0 Å². The lowest BCUT2D eigenvalue weighted by Gasteiger charge is -2.29. The van der Waals surface area contributed by atoms with Crippen molar-refractivity contribution in [1.82, 2.24) is 9.88 Å². The van der Waals surface area contributed by atoms with E-state index in [-0.39, 0.29) is 0 Å². The predicted octanol–water partition coefficient (Wildman–Crippen LogP) is 2.50. The van der Waals surface area contributed by atoms with Gasteiger partial charge in [0.05, 0.1) is 17.1 Å². The van der Waals surface area contributed by atoms with Gasteiger partial charge in [0.2, 0.25) is 0 Å².